The predicted octanol–water partition coefficient (Wildman–Crippen LogP) is 5.37. The summed E-state index contributed by atoms with van der Waals surface area (Å²) in [7, 11) is 1.61. The third kappa shape index (κ3) is 4.96. The summed E-state index contributed by atoms with van der Waals surface area (Å²) in [5.41, 5.74) is 2.15. The van der Waals surface area contributed by atoms with Crippen molar-refractivity contribution < 1.29 is 14.3 Å². The van der Waals surface area contributed by atoms with Crippen molar-refractivity contribution in [3.8, 4) is 11.5 Å². The van der Waals surface area contributed by atoms with Crippen LogP contribution in [0.25, 0.3) is 6.08 Å². The van der Waals surface area contributed by atoms with Crippen LogP contribution in [0.3, 0.4) is 0 Å². The van der Waals surface area contributed by atoms with E-state index < -0.39 is 5.97 Å². The largest absolute Gasteiger partial charge is 0.496 e. The van der Waals surface area contributed by atoms with Gasteiger partial charge in [-0.25, -0.2) is 4.79 Å². The van der Waals surface area contributed by atoms with E-state index in [2.05, 4.69) is 36.7 Å². The fraction of sp³-hybridized carbons (Fsp3) is 0.250. The molecule has 0 N–H and O–H groups in total. The van der Waals surface area contributed by atoms with E-state index in [0.717, 1.165) is 15.8 Å². The average Bonchev–Trinajstić information content (AvgIpc) is 2.53. The minimum Gasteiger partial charge on any atom is -0.496 e. The maximum atomic E-state index is 11.9. The van der Waals surface area contributed by atoms with Crippen molar-refractivity contribution in [3.05, 3.63) is 64.1 Å². The topological polar surface area (TPSA) is 35.5 Å². The normalized spacial score (nSPS) is 11.5. The first-order chi connectivity index (χ1) is 11.3. The summed E-state index contributed by atoms with van der Waals surface area (Å²) >= 11 is 3.42. The van der Waals surface area contributed by atoms with Crippen LogP contribution in [-0.4, -0.2) is 13.1 Å². The summed E-state index contributed by atoms with van der Waals surface area (Å²) in [6.07, 6.45) is 3.11. The summed E-state index contributed by atoms with van der Waals surface area (Å²) in [5.74, 6) is 0.868. The van der Waals surface area contributed by atoms with Gasteiger partial charge in [-0.15, -0.1) is 0 Å². The smallest absolute Gasteiger partial charge is 0.336 e. The number of hydrogen-bond donors (Lipinski definition) is 0. The zero-order valence-electron chi connectivity index (χ0n) is 14.3. The third-order valence-corrected chi connectivity index (χ3v) is 4.15. The van der Waals surface area contributed by atoms with E-state index in [-0.39, 0.29) is 5.41 Å². The first kappa shape index (κ1) is 18.3. The summed E-state index contributed by atoms with van der Waals surface area (Å²) in [5, 5.41) is 0. The molecule has 0 aliphatic heterocycles. The molecule has 2 aromatic carbocycles. The quantitative estimate of drug-likeness (QED) is 0.401. The van der Waals surface area contributed by atoms with Crippen LogP contribution in [0.2, 0.25) is 0 Å². The van der Waals surface area contributed by atoms with Crippen LogP contribution in [0.5, 0.6) is 11.5 Å². The molecule has 0 radical (unpaired) electrons. The maximum Gasteiger partial charge on any atom is 0.336 e. The van der Waals surface area contributed by atoms with Gasteiger partial charge >= 0.3 is 5.97 Å². The Kier molecular flexibility index (Phi) is 5.84. The van der Waals surface area contributed by atoms with Gasteiger partial charge in [-0.1, -0.05) is 39.0 Å². The Balaban J connectivity index is 2.01. The number of hydrogen-bond acceptors (Lipinski definition) is 3. The highest BCUT2D eigenvalue weighted by Gasteiger charge is 2.13. The summed E-state index contributed by atoms with van der Waals surface area (Å²) < 4.78 is 11.3. The van der Waals surface area contributed by atoms with Crippen molar-refractivity contribution in [3.63, 3.8) is 0 Å². The highest BCUT2D eigenvalue weighted by molar-refractivity contribution is 9.10. The molecule has 24 heavy (non-hydrogen) atoms. The Morgan fingerprint density at radius 3 is 2.29 bits per heavy atom. The van der Waals surface area contributed by atoms with E-state index >= 15 is 0 Å². The molecule has 2 aromatic rings. The second-order valence-electron chi connectivity index (χ2n) is 6.42. The van der Waals surface area contributed by atoms with Crippen LogP contribution in [0, 0.1) is 0 Å². The van der Waals surface area contributed by atoms with Crippen LogP contribution in [0.1, 0.15) is 31.9 Å². The van der Waals surface area contributed by atoms with E-state index in [9.17, 15) is 4.79 Å². The Bertz CT molecular complexity index is 740. The highest BCUT2D eigenvalue weighted by Crippen LogP contribution is 2.26. The first-order valence-electron chi connectivity index (χ1n) is 7.63. The molecule has 0 spiro atoms. The third-order valence-electron chi connectivity index (χ3n) is 3.53. The molecule has 4 heteroatoms. The average molecular weight is 389 g/mol. The predicted molar refractivity (Wildman–Crippen MR) is 101 cm³/mol. The number of methoxy groups -OCH3 is 1. The number of halogens is 1. The monoisotopic (exact) mass is 388 g/mol. The summed E-state index contributed by atoms with van der Waals surface area (Å²) in [6, 6.07) is 13.2. The van der Waals surface area contributed by atoms with Crippen LogP contribution in [0.4, 0.5) is 0 Å². The van der Waals surface area contributed by atoms with Crippen molar-refractivity contribution >= 4 is 28.0 Å². The highest BCUT2D eigenvalue weighted by atomic mass is 79.9. The summed E-state index contributed by atoms with van der Waals surface area (Å²) in [6.45, 7) is 6.43. The van der Waals surface area contributed by atoms with Crippen LogP contribution >= 0.6 is 15.9 Å². The molecule has 0 saturated carbocycles. The van der Waals surface area contributed by atoms with E-state index in [0.29, 0.717) is 5.75 Å². The molecule has 0 unspecified atom stereocenters. The number of benzene rings is 2. The number of carbonyl (C=O) groups excluding carboxylic acids is 1. The SMILES string of the molecule is COc1ccc(/C=C/C(=O)Oc2ccc(C(C)(C)C)cc2)cc1Br. The van der Waals surface area contributed by atoms with Crippen molar-refractivity contribution in [2.24, 2.45) is 0 Å². The summed E-state index contributed by atoms with van der Waals surface area (Å²) in [4.78, 5) is 11.9. The number of ether oxygens (including phenoxy) is 2. The van der Waals surface area contributed by atoms with Crippen molar-refractivity contribution in [2.75, 3.05) is 7.11 Å². The lowest BCUT2D eigenvalue weighted by molar-refractivity contribution is -0.128. The van der Waals surface area contributed by atoms with Crippen molar-refractivity contribution in [1.82, 2.24) is 0 Å². The molecule has 0 amide bonds. The van der Waals surface area contributed by atoms with Gasteiger partial charge in [-0.2, -0.15) is 0 Å². The molecule has 0 bridgehead atoms. The lowest BCUT2D eigenvalue weighted by Gasteiger charge is -2.18. The molecule has 0 atom stereocenters. The lowest BCUT2D eigenvalue weighted by Crippen LogP contribution is -2.11. The van der Waals surface area contributed by atoms with Gasteiger partial charge in [0.2, 0.25) is 0 Å². The molecular weight excluding hydrogens is 368 g/mol. The standard InChI is InChI=1S/C20H21BrO3/c1-20(2,3)15-7-9-16(10-8-15)24-19(22)12-6-14-5-11-18(23-4)17(21)13-14/h5-13H,1-4H3/b12-6+. The lowest BCUT2D eigenvalue weighted by atomic mass is 9.87. The first-order valence-corrected chi connectivity index (χ1v) is 8.43. The number of carbonyl (C=O) groups is 1. The minimum atomic E-state index is -0.412. The molecule has 0 aliphatic carbocycles. The van der Waals surface area contributed by atoms with Gasteiger partial charge in [-0.05, 0) is 62.8 Å². The van der Waals surface area contributed by atoms with Gasteiger partial charge in [-0.3, -0.25) is 0 Å². The molecule has 0 aromatic heterocycles. The van der Waals surface area contributed by atoms with E-state index in [4.69, 9.17) is 9.47 Å². The number of esters is 1. The fourth-order valence-electron chi connectivity index (χ4n) is 2.12. The molecular formula is C20H21BrO3. The Morgan fingerprint density at radius 2 is 1.75 bits per heavy atom. The van der Waals surface area contributed by atoms with Crippen molar-refractivity contribution in [1.29, 1.82) is 0 Å². The Hall–Kier alpha value is -2.07. The second-order valence-corrected chi connectivity index (χ2v) is 7.28. The van der Waals surface area contributed by atoms with E-state index in [1.54, 1.807) is 13.2 Å². The molecule has 0 heterocycles. The number of rotatable bonds is 4. The zero-order valence-corrected chi connectivity index (χ0v) is 15.9. The van der Waals surface area contributed by atoms with Gasteiger partial charge in [0.1, 0.15) is 11.5 Å². The van der Waals surface area contributed by atoms with Crippen molar-refractivity contribution in [2.45, 2.75) is 26.2 Å². The van der Waals surface area contributed by atoms with Gasteiger partial charge in [0, 0.05) is 6.08 Å². The van der Waals surface area contributed by atoms with Crippen LogP contribution in [-0.2, 0) is 10.2 Å². The van der Waals surface area contributed by atoms with E-state index in [1.807, 2.05) is 42.5 Å². The van der Waals surface area contributed by atoms with Gasteiger partial charge in [0.25, 0.3) is 0 Å². The fourth-order valence-corrected chi connectivity index (χ4v) is 2.68. The zero-order chi connectivity index (χ0) is 17.7. The van der Waals surface area contributed by atoms with E-state index in [1.165, 1.54) is 11.6 Å². The molecule has 0 saturated heterocycles. The molecule has 3 nitrogen and oxygen atoms in total. The minimum absolute atomic E-state index is 0.0736. The maximum absolute atomic E-state index is 11.9. The van der Waals surface area contributed by atoms with Gasteiger partial charge < -0.3 is 9.47 Å². The molecule has 0 fully saturated rings. The van der Waals surface area contributed by atoms with Crippen LogP contribution < -0.4 is 9.47 Å². The molecule has 126 valence electrons. The second kappa shape index (κ2) is 7.67. The van der Waals surface area contributed by atoms with Gasteiger partial charge in [0.15, 0.2) is 0 Å². The Labute approximate surface area is 151 Å². The van der Waals surface area contributed by atoms with Crippen LogP contribution in [0.15, 0.2) is 53.0 Å². The molecule has 0 aliphatic rings. The molecule has 2 rings (SSSR count). The van der Waals surface area contributed by atoms with Gasteiger partial charge in [0.05, 0.1) is 11.6 Å². The Morgan fingerprint density at radius 1 is 1.08 bits per heavy atom.